The van der Waals surface area contributed by atoms with Crippen molar-refractivity contribution in [3.63, 3.8) is 0 Å². The van der Waals surface area contributed by atoms with Crippen molar-refractivity contribution >= 4 is 62.0 Å². The van der Waals surface area contributed by atoms with Crippen LogP contribution >= 0.6 is 31.9 Å². The first-order chi connectivity index (χ1) is 23.5. The summed E-state index contributed by atoms with van der Waals surface area (Å²) in [5.74, 6) is -0.346. The van der Waals surface area contributed by atoms with E-state index >= 15 is 0 Å². The van der Waals surface area contributed by atoms with E-state index in [4.69, 9.17) is 23.7 Å². The van der Waals surface area contributed by atoms with Gasteiger partial charge in [0, 0.05) is 5.70 Å². The molecule has 0 fully saturated rings. The zero-order valence-corrected chi connectivity index (χ0v) is 30.2. The van der Waals surface area contributed by atoms with Crippen molar-refractivity contribution in [3.05, 3.63) is 97.1 Å². The number of urea groups is 1. The Morgan fingerprint density at radius 1 is 0.918 bits per heavy atom. The van der Waals surface area contributed by atoms with Crippen LogP contribution in [0.4, 0.5) is 4.79 Å². The van der Waals surface area contributed by atoms with Crippen LogP contribution in [0.15, 0.2) is 79.9 Å². The minimum Gasteiger partial charge on any atom is -0.493 e. The van der Waals surface area contributed by atoms with Gasteiger partial charge in [0.1, 0.15) is 12.4 Å². The highest BCUT2D eigenvalue weighted by molar-refractivity contribution is 9.11. The van der Waals surface area contributed by atoms with E-state index in [-0.39, 0.29) is 42.9 Å². The number of rotatable bonds is 14. The first-order valence-corrected chi connectivity index (χ1v) is 16.6. The summed E-state index contributed by atoms with van der Waals surface area (Å²) in [6.45, 7) is 5.44. The highest BCUT2D eigenvalue weighted by atomic mass is 79.9. The molecule has 0 aliphatic carbocycles. The van der Waals surface area contributed by atoms with Crippen LogP contribution < -0.4 is 30.3 Å². The van der Waals surface area contributed by atoms with Gasteiger partial charge in [-0.1, -0.05) is 18.2 Å². The van der Waals surface area contributed by atoms with Crippen LogP contribution in [0.2, 0.25) is 0 Å². The largest absolute Gasteiger partial charge is 0.493 e. The summed E-state index contributed by atoms with van der Waals surface area (Å²) in [6, 6.07) is 14.1. The van der Waals surface area contributed by atoms with Gasteiger partial charge in [0.05, 0.1) is 52.7 Å². The van der Waals surface area contributed by atoms with Crippen LogP contribution in [0.25, 0.3) is 0 Å². The second-order valence-electron chi connectivity index (χ2n) is 10.3. The highest BCUT2D eigenvalue weighted by Gasteiger charge is 2.32. The van der Waals surface area contributed by atoms with E-state index < -0.39 is 23.9 Å². The standard InChI is InChI=1S/C34H34Br2N4O9/c1-5-46-32(42)22-9-7-20(8-10-22)17-49-31-24(35)13-21(14-25(31)36)16-37-40-28(41)18-48-26-12-11-23(15-27(26)45-4)30-29(33(43)47-6-2)19(3)38-34(44)39-30/h7-16,30H,5-6,17-18H2,1-4H3,(H,40,41)(H2,38,39,44)/b37-16+/t30-/m0/s1. The number of hydrogen-bond donors (Lipinski definition) is 3. The fraction of sp³-hybridized carbons (Fsp3) is 0.265. The molecule has 4 rings (SSSR count). The highest BCUT2D eigenvalue weighted by Crippen LogP contribution is 2.36. The molecule has 3 N–H and O–H groups in total. The monoisotopic (exact) mass is 800 g/mol. The normalized spacial score (nSPS) is 14.1. The van der Waals surface area contributed by atoms with E-state index in [9.17, 15) is 19.2 Å². The first-order valence-electron chi connectivity index (χ1n) is 15.0. The summed E-state index contributed by atoms with van der Waals surface area (Å²) in [6.07, 6.45) is 1.46. The Balaban J connectivity index is 1.33. The third-order valence-electron chi connectivity index (χ3n) is 6.92. The lowest BCUT2D eigenvalue weighted by atomic mass is 9.95. The number of halogens is 2. The van der Waals surface area contributed by atoms with Gasteiger partial charge in [-0.05, 0) is 106 Å². The maximum absolute atomic E-state index is 12.6. The number of nitrogens with one attached hydrogen (secondary N) is 3. The van der Waals surface area contributed by atoms with Crippen molar-refractivity contribution in [1.82, 2.24) is 16.1 Å². The minimum absolute atomic E-state index is 0.174. The van der Waals surface area contributed by atoms with Crippen molar-refractivity contribution in [2.75, 3.05) is 26.9 Å². The number of nitrogens with zero attached hydrogens (tertiary/aromatic N) is 1. The second-order valence-corrected chi connectivity index (χ2v) is 12.0. The second kappa shape index (κ2) is 17.5. The lowest BCUT2D eigenvalue weighted by molar-refractivity contribution is -0.139. The predicted molar refractivity (Wildman–Crippen MR) is 187 cm³/mol. The van der Waals surface area contributed by atoms with E-state index in [1.54, 1.807) is 75.4 Å². The number of esters is 2. The molecule has 1 atom stereocenters. The molecule has 0 unspecified atom stereocenters. The molecule has 3 aromatic carbocycles. The maximum Gasteiger partial charge on any atom is 0.338 e. The van der Waals surface area contributed by atoms with Gasteiger partial charge in [-0.15, -0.1) is 0 Å². The summed E-state index contributed by atoms with van der Waals surface area (Å²) in [7, 11) is 1.43. The van der Waals surface area contributed by atoms with Gasteiger partial charge in [-0.2, -0.15) is 5.10 Å². The Morgan fingerprint density at radius 2 is 1.59 bits per heavy atom. The molecule has 1 heterocycles. The van der Waals surface area contributed by atoms with Gasteiger partial charge in [-0.25, -0.2) is 19.8 Å². The van der Waals surface area contributed by atoms with Gasteiger partial charge in [0.25, 0.3) is 5.91 Å². The van der Waals surface area contributed by atoms with E-state index in [0.29, 0.717) is 43.7 Å². The van der Waals surface area contributed by atoms with Crippen LogP contribution in [-0.2, 0) is 25.7 Å². The van der Waals surface area contributed by atoms with Crippen LogP contribution in [0.5, 0.6) is 17.2 Å². The Bertz CT molecular complexity index is 1750. The molecule has 1 aliphatic rings. The molecular weight excluding hydrogens is 768 g/mol. The number of allylic oxidation sites excluding steroid dienone is 1. The topological polar surface area (TPSA) is 163 Å². The van der Waals surface area contributed by atoms with Gasteiger partial charge in [0.2, 0.25) is 0 Å². The zero-order valence-electron chi connectivity index (χ0n) is 27.1. The van der Waals surface area contributed by atoms with E-state index in [1.807, 2.05) is 0 Å². The molecule has 0 bridgehead atoms. The number of benzene rings is 3. The number of ether oxygens (including phenoxy) is 5. The number of hydrazone groups is 1. The SMILES string of the molecule is CCOC(=O)C1=C(C)NC(=O)N[C@H]1c1ccc(OCC(=O)N/N=C/c2cc(Br)c(OCc3ccc(C(=O)OCC)cc3)c(Br)c2)c(OC)c1. The summed E-state index contributed by atoms with van der Waals surface area (Å²) in [5.41, 5.74) is 5.60. The molecule has 0 aromatic heterocycles. The average Bonchev–Trinajstić information content (AvgIpc) is 3.07. The zero-order chi connectivity index (χ0) is 35.5. The molecule has 49 heavy (non-hydrogen) atoms. The molecule has 258 valence electrons. The molecule has 0 saturated heterocycles. The Hall–Kier alpha value is -4.89. The van der Waals surface area contributed by atoms with E-state index in [0.717, 1.165) is 5.56 Å². The number of amides is 3. The molecule has 15 heteroatoms. The summed E-state index contributed by atoms with van der Waals surface area (Å²) < 4.78 is 28.6. The van der Waals surface area contributed by atoms with Gasteiger partial charge >= 0.3 is 18.0 Å². The van der Waals surface area contributed by atoms with Crippen molar-refractivity contribution in [2.45, 2.75) is 33.4 Å². The van der Waals surface area contributed by atoms with Crippen LogP contribution in [0, 0.1) is 0 Å². The molecule has 3 aromatic rings. The third kappa shape index (κ3) is 9.83. The molecule has 1 aliphatic heterocycles. The van der Waals surface area contributed by atoms with Gasteiger partial charge < -0.3 is 34.3 Å². The molecule has 13 nitrogen and oxygen atoms in total. The molecule has 0 spiro atoms. The predicted octanol–water partition coefficient (Wildman–Crippen LogP) is 5.70. The number of methoxy groups -OCH3 is 1. The Kier molecular flexibility index (Phi) is 13.2. The molecule has 0 radical (unpaired) electrons. The van der Waals surface area contributed by atoms with Crippen molar-refractivity contribution in [1.29, 1.82) is 0 Å². The summed E-state index contributed by atoms with van der Waals surface area (Å²) in [4.78, 5) is 49.2. The van der Waals surface area contributed by atoms with Crippen molar-refractivity contribution in [3.8, 4) is 17.2 Å². The lowest BCUT2D eigenvalue weighted by Crippen LogP contribution is -2.45. The van der Waals surface area contributed by atoms with E-state index in [2.05, 4.69) is 53.0 Å². The summed E-state index contributed by atoms with van der Waals surface area (Å²) in [5, 5.41) is 9.34. The third-order valence-corrected chi connectivity index (χ3v) is 8.09. The molecular formula is C34H34Br2N4O9. The minimum atomic E-state index is -0.787. The quantitative estimate of drug-likeness (QED) is 0.106. The van der Waals surface area contributed by atoms with Crippen molar-refractivity contribution in [2.24, 2.45) is 5.10 Å². The van der Waals surface area contributed by atoms with Gasteiger partial charge in [-0.3, -0.25) is 4.79 Å². The van der Waals surface area contributed by atoms with Crippen LogP contribution in [0.1, 0.15) is 53.9 Å². The summed E-state index contributed by atoms with van der Waals surface area (Å²) >= 11 is 7.02. The van der Waals surface area contributed by atoms with Crippen LogP contribution in [-0.4, -0.2) is 57.0 Å². The Morgan fingerprint density at radius 3 is 2.24 bits per heavy atom. The van der Waals surface area contributed by atoms with Crippen LogP contribution in [0.3, 0.4) is 0 Å². The maximum atomic E-state index is 12.6. The Labute approximate surface area is 299 Å². The van der Waals surface area contributed by atoms with E-state index in [1.165, 1.54) is 13.3 Å². The fourth-order valence-electron chi connectivity index (χ4n) is 4.66. The smallest absolute Gasteiger partial charge is 0.338 e. The fourth-order valence-corrected chi connectivity index (χ4v) is 6.11. The molecule has 3 amide bonds. The number of carbonyl (C=O) groups excluding carboxylic acids is 4. The van der Waals surface area contributed by atoms with Crippen molar-refractivity contribution < 1.29 is 42.9 Å². The number of hydrogen-bond acceptors (Lipinski definition) is 10. The number of carbonyl (C=O) groups is 4. The average molecular weight is 802 g/mol. The lowest BCUT2D eigenvalue weighted by Gasteiger charge is -2.28. The van der Waals surface area contributed by atoms with Gasteiger partial charge in [0.15, 0.2) is 18.1 Å². The molecule has 0 saturated carbocycles. The first kappa shape index (κ1) is 36.9.